The number of nitrogens with zero attached hydrogens (tertiary/aromatic N) is 1. The lowest BCUT2D eigenvalue weighted by Gasteiger charge is -2.16. The number of carbonyl (C=O) groups is 1. The SMILES string of the molecule is CCCCC(CCNC(=O)CSC(=NCC)c1cccc(C(F)(F)F)c1)NC. The number of rotatable bonds is 11. The van der Waals surface area contributed by atoms with Gasteiger partial charge in [0.15, 0.2) is 0 Å². The van der Waals surface area contributed by atoms with Crippen LogP contribution in [0.4, 0.5) is 13.2 Å². The van der Waals surface area contributed by atoms with E-state index in [4.69, 9.17) is 0 Å². The van der Waals surface area contributed by atoms with Crippen LogP contribution in [0.5, 0.6) is 0 Å². The van der Waals surface area contributed by atoms with Crippen molar-refractivity contribution >= 4 is 22.7 Å². The van der Waals surface area contributed by atoms with Gasteiger partial charge in [0.05, 0.1) is 16.4 Å². The highest BCUT2D eigenvalue weighted by Gasteiger charge is 2.30. The lowest BCUT2D eigenvalue weighted by atomic mass is 10.1. The van der Waals surface area contributed by atoms with E-state index in [0.29, 0.717) is 29.7 Å². The molecule has 0 radical (unpaired) electrons. The van der Waals surface area contributed by atoms with Crippen molar-refractivity contribution in [2.75, 3.05) is 25.9 Å². The maximum atomic E-state index is 12.9. The summed E-state index contributed by atoms with van der Waals surface area (Å²) in [5.41, 5.74) is -0.340. The predicted octanol–water partition coefficient (Wildman–Crippen LogP) is 4.49. The van der Waals surface area contributed by atoms with E-state index in [2.05, 4.69) is 22.5 Å². The molecule has 1 atom stereocenters. The number of carbonyl (C=O) groups excluding carboxylic acids is 1. The van der Waals surface area contributed by atoms with Crippen LogP contribution >= 0.6 is 11.8 Å². The first kappa shape index (κ1) is 24.5. The van der Waals surface area contributed by atoms with E-state index in [1.165, 1.54) is 6.07 Å². The average molecular weight is 418 g/mol. The summed E-state index contributed by atoms with van der Waals surface area (Å²) in [5, 5.41) is 6.57. The predicted molar refractivity (Wildman–Crippen MR) is 111 cm³/mol. The Morgan fingerprint density at radius 3 is 2.61 bits per heavy atom. The summed E-state index contributed by atoms with van der Waals surface area (Å²) in [6.07, 6.45) is -0.215. The van der Waals surface area contributed by atoms with Gasteiger partial charge in [-0.3, -0.25) is 9.79 Å². The number of nitrogens with one attached hydrogen (secondary N) is 2. The number of thioether (sulfide) groups is 1. The Kier molecular flexibility index (Phi) is 11.2. The molecule has 0 aliphatic rings. The molecule has 4 nitrogen and oxygen atoms in total. The number of benzene rings is 1. The van der Waals surface area contributed by atoms with Crippen LogP contribution in [-0.4, -0.2) is 42.9 Å². The quantitative estimate of drug-likeness (QED) is 0.412. The van der Waals surface area contributed by atoms with Crippen molar-refractivity contribution in [3.8, 4) is 0 Å². The second kappa shape index (κ2) is 12.8. The third kappa shape index (κ3) is 9.10. The molecule has 0 spiro atoms. The van der Waals surface area contributed by atoms with E-state index in [1.54, 1.807) is 6.07 Å². The van der Waals surface area contributed by atoms with Gasteiger partial charge in [0, 0.05) is 24.7 Å². The normalized spacial score (nSPS) is 13.4. The third-order valence-corrected chi connectivity index (χ3v) is 5.25. The Labute approximate surface area is 169 Å². The Morgan fingerprint density at radius 2 is 2.00 bits per heavy atom. The summed E-state index contributed by atoms with van der Waals surface area (Å²) in [6, 6.07) is 5.42. The minimum absolute atomic E-state index is 0.119. The molecule has 1 aromatic carbocycles. The fourth-order valence-electron chi connectivity index (χ4n) is 2.65. The molecular weight excluding hydrogens is 387 g/mol. The van der Waals surface area contributed by atoms with Crippen LogP contribution in [0.2, 0.25) is 0 Å². The topological polar surface area (TPSA) is 53.5 Å². The molecule has 1 unspecified atom stereocenters. The summed E-state index contributed by atoms with van der Waals surface area (Å²) in [4.78, 5) is 16.4. The molecule has 1 aromatic rings. The van der Waals surface area contributed by atoms with Crippen molar-refractivity contribution in [2.24, 2.45) is 4.99 Å². The van der Waals surface area contributed by atoms with Crippen LogP contribution in [0.15, 0.2) is 29.3 Å². The van der Waals surface area contributed by atoms with E-state index in [0.717, 1.165) is 49.6 Å². The van der Waals surface area contributed by atoms with E-state index in [-0.39, 0.29) is 11.7 Å². The van der Waals surface area contributed by atoms with Crippen molar-refractivity contribution in [1.29, 1.82) is 0 Å². The Bertz CT molecular complexity index is 635. The Morgan fingerprint density at radius 1 is 1.25 bits per heavy atom. The first-order valence-corrected chi connectivity index (χ1v) is 10.6. The number of hydrogen-bond donors (Lipinski definition) is 2. The van der Waals surface area contributed by atoms with Crippen LogP contribution < -0.4 is 10.6 Å². The van der Waals surface area contributed by atoms with Gasteiger partial charge in [0.1, 0.15) is 0 Å². The smallest absolute Gasteiger partial charge is 0.355 e. The van der Waals surface area contributed by atoms with Crippen LogP contribution in [-0.2, 0) is 11.0 Å². The lowest BCUT2D eigenvalue weighted by Crippen LogP contribution is -2.33. The average Bonchev–Trinajstić information content (AvgIpc) is 2.67. The summed E-state index contributed by atoms with van der Waals surface area (Å²) in [5.74, 6) is -0.0278. The fourth-order valence-corrected chi connectivity index (χ4v) is 3.53. The zero-order chi connectivity index (χ0) is 21.0. The summed E-state index contributed by atoms with van der Waals surface area (Å²) in [7, 11) is 1.92. The zero-order valence-electron chi connectivity index (χ0n) is 16.7. The Balaban J connectivity index is 2.58. The molecule has 2 N–H and O–H groups in total. The standard InChI is InChI=1S/C20H30F3N3OS/c1-4-6-10-17(24-3)11-12-26-18(27)14-28-19(25-5-2)15-8-7-9-16(13-15)20(21,22)23/h7-9,13,17,24H,4-6,10-12,14H2,1-3H3,(H,26,27). The molecule has 28 heavy (non-hydrogen) atoms. The number of hydrogen-bond acceptors (Lipinski definition) is 4. The maximum absolute atomic E-state index is 12.9. The Hall–Kier alpha value is -1.54. The van der Waals surface area contributed by atoms with Crippen LogP contribution in [0.3, 0.4) is 0 Å². The first-order valence-electron chi connectivity index (χ1n) is 9.60. The number of amides is 1. The van der Waals surface area contributed by atoms with Crippen molar-refractivity contribution in [1.82, 2.24) is 10.6 Å². The summed E-state index contributed by atoms with van der Waals surface area (Å²) >= 11 is 1.16. The summed E-state index contributed by atoms with van der Waals surface area (Å²) < 4.78 is 38.8. The van der Waals surface area contributed by atoms with Crippen LogP contribution in [0.25, 0.3) is 0 Å². The highest BCUT2D eigenvalue weighted by atomic mass is 32.2. The molecule has 0 bridgehead atoms. The van der Waals surface area contributed by atoms with Gasteiger partial charge in [0.25, 0.3) is 0 Å². The van der Waals surface area contributed by atoms with Crippen LogP contribution in [0.1, 0.15) is 50.7 Å². The maximum Gasteiger partial charge on any atom is 0.416 e. The monoisotopic (exact) mass is 417 g/mol. The zero-order valence-corrected chi connectivity index (χ0v) is 17.6. The molecule has 8 heteroatoms. The number of aliphatic imine (C=N–C) groups is 1. The van der Waals surface area contributed by atoms with E-state index in [1.807, 2.05) is 14.0 Å². The van der Waals surface area contributed by atoms with Gasteiger partial charge in [-0.15, -0.1) is 0 Å². The molecule has 0 aromatic heterocycles. The van der Waals surface area contributed by atoms with Crippen molar-refractivity contribution in [3.05, 3.63) is 35.4 Å². The van der Waals surface area contributed by atoms with Gasteiger partial charge in [-0.25, -0.2) is 0 Å². The molecule has 0 heterocycles. The van der Waals surface area contributed by atoms with Crippen molar-refractivity contribution < 1.29 is 18.0 Å². The molecule has 0 fully saturated rings. The van der Waals surface area contributed by atoms with Gasteiger partial charge in [-0.1, -0.05) is 43.7 Å². The second-order valence-corrected chi connectivity index (χ2v) is 7.38. The molecule has 0 saturated heterocycles. The lowest BCUT2D eigenvalue weighted by molar-refractivity contribution is -0.137. The molecular formula is C20H30F3N3OS. The highest BCUT2D eigenvalue weighted by Crippen LogP contribution is 2.30. The second-order valence-electron chi connectivity index (χ2n) is 6.41. The van der Waals surface area contributed by atoms with E-state index in [9.17, 15) is 18.0 Å². The molecule has 1 rings (SSSR count). The molecule has 0 saturated carbocycles. The van der Waals surface area contributed by atoms with E-state index < -0.39 is 11.7 Å². The highest BCUT2D eigenvalue weighted by molar-refractivity contribution is 8.14. The van der Waals surface area contributed by atoms with Gasteiger partial charge in [-0.2, -0.15) is 13.2 Å². The van der Waals surface area contributed by atoms with Gasteiger partial charge in [0.2, 0.25) is 5.91 Å². The van der Waals surface area contributed by atoms with Crippen molar-refractivity contribution in [3.63, 3.8) is 0 Å². The largest absolute Gasteiger partial charge is 0.416 e. The minimum atomic E-state index is -4.41. The molecule has 0 aliphatic heterocycles. The third-order valence-electron chi connectivity index (χ3n) is 4.21. The fraction of sp³-hybridized carbons (Fsp3) is 0.600. The number of unbranched alkanes of at least 4 members (excludes halogenated alkanes) is 1. The van der Waals surface area contributed by atoms with Gasteiger partial charge >= 0.3 is 6.18 Å². The van der Waals surface area contributed by atoms with Crippen molar-refractivity contribution in [2.45, 2.75) is 51.7 Å². The minimum Gasteiger partial charge on any atom is -0.355 e. The van der Waals surface area contributed by atoms with Crippen LogP contribution in [0, 0.1) is 0 Å². The summed E-state index contributed by atoms with van der Waals surface area (Å²) in [6.45, 7) is 4.95. The molecule has 1 amide bonds. The first-order chi connectivity index (χ1) is 13.3. The number of alkyl halides is 3. The molecule has 158 valence electrons. The van der Waals surface area contributed by atoms with Gasteiger partial charge in [-0.05, 0) is 38.9 Å². The molecule has 0 aliphatic carbocycles. The number of halogens is 3. The van der Waals surface area contributed by atoms with E-state index >= 15 is 0 Å². The van der Waals surface area contributed by atoms with Gasteiger partial charge < -0.3 is 10.6 Å².